The Morgan fingerprint density at radius 3 is 2.21 bits per heavy atom. The van der Waals surface area contributed by atoms with Crippen molar-refractivity contribution in [3.8, 4) is 11.5 Å². The molecule has 0 radical (unpaired) electrons. The molecule has 9 heteroatoms. The summed E-state index contributed by atoms with van der Waals surface area (Å²) in [6, 6.07) is 10.5. The molecule has 0 amide bonds. The van der Waals surface area contributed by atoms with Gasteiger partial charge in [-0.05, 0) is 52.1 Å². The summed E-state index contributed by atoms with van der Waals surface area (Å²) in [4.78, 5) is 6.95. The fraction of sp³-hybridized carbons (Fsp3) is 0.333. The van der Waals surface area contributed by atoms with Crippen LogP contribution in [0.15, 0.2) is 45.6 Å². The molecule has 0 bridgehead atoms. The average molecular weight is 571 g/mol. The molecule has 1 aromatic heterocycles. The summed E-state index contributed by atoms with van der Waals surface area (Å²) in [6.45, 7) is 7.42. The third-order valence-corrected chi connectivity index (χ3v) is 7.97. The molecule has 0 saturated carbocycles. The number of hydrogen-bond acceptors (Lipinski definition) is 6. The molecule has 1 aliphatic heterocycles. The van der Waals surface area contributed by atoms with Gasteiger partial charge in [-0.25, -0.2) is 0 Å². The number of ether oxygens (including phenoxy) is 2. The molecular formula is C24H26BrCl2N3O2S. The molecule has 4 rings (SSSR count). The van der Waals surface area contributed by atoms with Crippen molar-refractivity contribution < 1.29 is 9.47 Å². The minimum Gasteiger partial charge on any atom is -0.494 e. The number of anilines is 4. The SMILES string of the molecule is CCN1CCN(c2cccc(N(c3ccsc3)c3c(Cl)c(OC)c(Br)c(OC)c3Cl)c2)CC1. The van der Waals surface area contributed by atoms with Gasteiger partial charge in [-0.3, -0.25) is 0 Å². The minimum atomic E-state index is 0.406. The van der Waals surface area contributed by atoms with Gasteiger partial charge in [0.2, 0.25) is 0 Å². The molecule has 0 aliphatic carbocycles. The van der Waals surface area contributed by atoms with E-state index in [0.29, 0.717) is 31.7 Å². The van der Waals surface area contributed by atoms with Crippen molar-refractivity contribution in [2.45, 2.75) is 6.92 Å². The third-order valence-electron chi connectivity index (χ3n) is 5.88. The number of nitrogens with zero attached hydrogens (tertiary/aromatic N) is 3. The van der Waals surface area contributed by atoms with E-state index in [1.165, 1.54) is 5.69 Å². The number of hydrogen-bond donors (Lipinski definition) is 0. The standard InChI is InChI=1S/C24H26BrCl2N3O2S/c1-4-28-9-11-29(12-10-28)16-6-5-7-17(14-16)30(18-8-13-33-15-18)22-20(26)23(31-2)19(25)24(32-3)21(22)27/h5-8,13-15H,4,9-12H2,1-3H3. The summed E-state index contributed by atoms with van der Waals surface area (Å²) in [5, 5.41) is 4.91. The first-order valence-electron chi connectivity index (χ1n) is 10.7. The van der Waals surface area contributed by atoms with Crippen molar-refractivity contribution in [3.05, 3.63) is 55.6 Å². The number of benzene rings is 2. The Kier molecular flexibility index (Phi) is 7.97. The molecular weight excluding hydrogens is 545 g/mol. The van der Waals surface area contributed by atoms with Crippen molar-refractivity contribution >= 4 is 73.2 Å². The molecule has 1 fully saturated rings. The quantitative estimate of drug-likeness (QED) is 0.294. The minimum absolute atomic E-state index is 0.406. The van der Waals surface area contributed by atoms with Crippen LogP contribution in [0.2, 0.25) is 10.0 Å². The van der Waals surface area contributed by atoms with Gasteiger partial charge in [0.05, 0.1) is 25.6 Å². The maximum atomic E-state index is 6.88. The first-order valence-corrected chi connectivity index (χ1v) is 13.2. The molecule has 3 aromatic rings. The van der Waals surface area contributed by atoms with E-state index in [9.17, 15) is 0 Å². The fourth-order valence-electron chi connectivity index (χ4n) is 4.10. The monoisotopic (exact) mass is 569 g/mol. The number of rotatable bonds is 7. The highest BCUT2D eigenvalue weighted by Crippen LogP contribution is 2.55. The summed E-state index contributed by atoms with van der Waals surface area (Å²) in [7, 11) is 3.16. The van der Waals surface area contributed by atoms with Crippen molar-refractivity contribution in [1.82, 2.24) is 4.90 Å². The molecule has 33 heavy (non-hydrogen) atoms. The normalized spacial score (nSPS) is 14.4. The number of methoxy groups -OCH3 is 2. The molecule has 0 spiro atoms. The van der Waals surface area contributed by atoms with Gasteiger partial charge in [-0.2, -0.15) is 11.3 Å². The van der Waals surface area contributed by atoms with Gasteiger partial charge >= 0.3 is 0 Å². The molecule has 1 aliphatic rings. The van der Waals surface area contributed by atoms with Crippen LogP contribution in [-0.2, 0) is 0 Å². The Hall–Kier alpha value is -1.64. The lowest BCUT2D eigenvalue weighted by atomic mass is 10.1. The molecule has 5 nitrogen and oxygen atoms in total. The van der Waals surface area contributed by atoms with Gasteiger partial charge in [0.25, 0.3) is 0 Å². The van der Waals surface area contributed by atoms with Crippen LogP contribution in [0.4, 0.5) is 22.7 Å². The molecule has 0 atom stereocenters. The highest BCUT2D eigenvalue weighted by Gasteiger charge is 2.28. The van der Waals surface area contributed by atoms with E-state index in [2.05, 4.69) is 67.2 Å². The van der Waals surface area contributed by atoms with Crippen molar-refractivity contribution in [1.29, 1.82) is 0 Å². The van der Waals surface area contributed by atoms with Gasteiger partial charge in [0.15, 0.2) is 11.5 Å². The van der Waals surface area contributed by atoms with Crippen molar-refractivity contribution in [3.63, 3.8) is 0 Å². The summed E-state index contributed by atoms with van der Waals surface area (Å²) in [5.74, 6) is 0.944. The van der Waals surface area contributed by atoms with Gasteiger partial charge in [0.1, 0.15) is 14.5 Å². The topological polar surface area (TPSA) is 28.2 Å². The predicted molar refractivity (Wildman–Crippen MR) is 144 cm³/mol. The molecule has 2 aromatic carbocycles. The lowest BCUT2D eigenvalue weighted by Crippen LogP contribution is -2.46. The Bertz CT molecular complexity index is 1070. The molecule has 0 unspecified atom stereocenters. The van der Waals surface area contributed by atoms with E-state index in [-0.39, 0.29) is 0 Å². The zero-order valence-corrected chi connectivity index (χ0v) is 22.7. The first-order chi connectivity index (χ1) is 16.0. The zero-order valence-electron chi connectivity index (χ0n) is 18.8. The highest BCUT2D eigenvalue weighted by molar-refractivity contribution is 9.10. The van der Waals surface area contributed by atoms with E-state index in [1.807, 2.05) is 11.4 Å². The second-order valence-corrected chi connectivity index (χ2v) is 9.94. The second kappa shape index (κ2) is 10.7. The fourth-order valence-corrected chi connectivity index (χ4v) is 6.42. The van der Waals surface area contributed by atoms with E-state index in [0.717, 1.165) is 44.1 Å². The van der Waals surface area contributed by atoms with Crippen LogP contribution in [-0.4, -0.2) is 51.8 Å². The lowest BCUT2D eigenvalue weighted by Gasteiger charge is -2.36. The Balaban J connectivity index is 1.84. The Morgan fingerprint density at radius 2 is 1.67 bits per heavy atom. The molecule has 176 valence electrons. The van der Waals surface area contributed by atoms with Crippen molar-refractivity contribution in [2.75, 3.05) is 56.7 Å². The smallest absolute Gasteiger partial charge is 0.157 e. The second-order valence-electron chi connectivity index (χ2n) is 7.62. The van der Waals surface area contributed by atoms with Crippen LogP contribution in [0.3, 0.4) is 0 Å². The number of thiophene rings is 1. The van der Waals surface area contributed by atoms with Crippen molar-refractivity contribution in [2.24, 2.45) is 0 Å². The third kappa shape index (κ3) is 4.80. The summed E-state index contributed by atoms with van der Waals surface area (Å²) >= 11 is 18.9. The zero-order chi connectivity index (χ0) is 23.5. The van der Waals surface area contributed by atoms with E-state index < -0.39 is 0 Å². The molecule has 1 saturated heterocycles. The van der Waals surface area contributed by atoms with Crippen LogP contribution in [0.5, 0.6) is 11.5 Å². The van der Waals surface area contributed by atoms with E-state index in [4.69, 9.17) is 32.7 Å². The number of halogens is 3. The van der Waals surface area contributed by atoms with Gasteiger partial charge in [0, 0.05) is 42.9 Å². The van der Waals surface area contributed by atoms with Gasteiger partial charge in [-0.15, -0.1) is 0 Å². The van der Waals surface area contributed by atoms with Crippen LogP contribution < -0.4 is 19.3 Å². The van der Waals surface area contributed by atoms with Crippen LogP contribution in [0.1, 0.15) is 6.92 Å². The summed E-state index contributed by atoms with van der Waals surface area (Å²) < 4.78 is 11.8. The van der Waals surface area contributed by atoms with Gasteiger partial charge < -0.3 is 24.2 Å². The van der Waals surface area contributed by atoms with E-state index in [1.54, 1.807) is 25.6 Å². The average Bonchev–Trinajstić information content (AvgIpc) is 3.37. The van der Waals surface area contributed by atoms with Crippen LogP contribution in [0.25, 0.3) is 0 Å². The Morgan fingerprint density at radius 1 is 1.00 bits per heavy atom. The van der Waals surface area contributed by atoms with Crippen LogP contribution >= 0.6 is 50.5 Å². The Labute approximate surface area is 217 Å². The largest absolute Gasteiger partial charge is 0.494 e. The van der Waals surface area contributed by atoms with E-state index >= 15 is 0 Å². The maximum absolute atomic E-state index is 6.88. The first kappa shape index (κ1) is 24.5. The highest BCUT2D eigenvalue weighted by atomic mass is 79.9. The molecule has 0 N–H and O–H groups in total. The molecule has 2 heterocycles. The maximum Gasteiger partial charge on any atom is 0.157 e. The summed E-state index contributed by atoms with van der Waals surface area (Å²) in [5.41, 5.74) is 3.70. The number of likely N-dealkylation sites (N-methyl/N-ethyl adjacent to an activating group) is 1. The van der Waals surface area contributed by atoms with Gasteiger partial charge in [-0.1, -0.05) is 36.2 Å². The predicted octanol–water partition coefficient (Wildman–Crippen LogP) is 7.45. The summed E-state index contributed by atoms with van der Waals surface area (Å²) in [6.07, 6.45) is 0. The van der Waals surface area contributed by atoms with Crippen LogP contribution in [0, 0.1) is 0 Å². The number of piperazine rings is 1. The lowest BCUT2D eigenvalue weighted by molar-refractivity contribution is 0.271.